The number of carbonyl (C=O) groups is 1. The van der Waals surface area contributed by atoms with Crippen LogP contribution in [0.15, 0.2) is 35.5 Å². The zero-order valence-corrected chi connectivity index (χ0v) is 11.3. The molecule has 1 aliphatic carbocycles. The van der Waals surface area contributed by atoms with Crippen molar-refractivity contribution in [2.45, 2.75) is 45.1 Å². The summed E-state index contributed by atoms with van der Waals surface area (Å²) >= 11 is 0. The number of carbonyl (C=O) groups excluding carboxylic acids is 1. The third-order valence-corrected chi connectivity index (χ3v) is 3.38. The molecule has 4 heteroatoms. The third kappa shape index (κ3) is 4.39. The first-order valence-electron chi connectivity index (χ1n) is 6.83. The molecule has 0 saturated heterocycles. The minimum atomic E-state index is -0.456. The fourth-order valence-corrected chi connectivity index (χ4v) is 2.28. The number of oxime groups is 1. The SMILES string of the molecule is C/C(=N\OC(=O)NC1CCCCC1)c1ccccc1. The Balaban J connectivity index is 1.82. The van der Waals surface area contributed by atoms with E-state index in [0.29, 0.717) is 5.71 Å². The van der Waals surface area contributed by atoms with Gasteiger partial charge < -0.3 is 5.32 Å². The summed E-state index contributed by atoms with van der Waals surface area (Å²) < 4.78 is 0. The van der Waals surface area contributed by atoms with Crippen LogP contribution in [-0.4, -0.2) is 17.8 Å². The van der Waals surface area contributed by atoms with E-state index in [9.17, 15) is 4.79 Å². The molecule has 1 fully saturated rings. The van der Waals surface area contributed by atoms with Gasteiger partial charge in [-0.2, -0.15) is 0 Å². The number of nitrogens with one attached hydrogen (secondary N) is 1. The first-order chi connectivity index (χ1) is 9.25. The number of hydrogen-bond acceptors (Lipinski definition) is 3. The molecule has 1 aromatic carbocycles. The Morgan fingerprint density at radius 3 is 2.58 bits per heavy atom. The maximum Gasteiger partial charge on any atom is 0.433 e. The molecule has 1 aliphatic rings. The molecule has 1 aromatic rings. The van der Waals surface area contributed by atoms with Crippen LogP contribution in [0.3, 0.4) is 0 Å². The van der Waals surface area contributed by atoms with Gasteiger partial charge in [0.25, 0.3) is 0 Å². The highest BCUT2D eigenvalue weighted by atomic mass is 16.7. The van der Waals surface area contributed by atoms with Gasteiger partial charge in [-0.05, 0) is 25.3 Å². The van der Waals surface area contributed by atoms with Crippen LogP contribution in [0.4, 0.5) is 4.79 Å². The van der Waals surface area contributed by atoms with E-state index in [0.717, 1.165) is 18.4 Å². The Morgan fingerprint density at radius 1 is 1.21 bits per heavy atom. The number of rotatable bonds is 3. The summed E-state index contributed by atoms with van der Waals surface area (Å²) in [5.41, 5.74) is 1.65. The highest BCUT2D eigenvalue weighted by molar-refractivity contribution is 5.98. The van der Waals surface area contributed by atoms with E-state index in [2.05, 4.69) is 10.5 Å². The van der Waals surface area contributed by atoms with Crippen LogP contribution in [0.25, 0.3) is 0 Å². The molecule has 0 radical (unpaired) electrons. The van der Waals surface area contributed by atoms with Gasteiger partial charge in [-0.15, -0.1) is 0 Å². The van der Waals surface area contributed by atoms with Gasteiger partial charge in [0.05, 0.1) is 5.71 Å². The fourth-order valence-electron chi connectivity index (χ4n) is 2.28. The second-order valence-electron chi connectivity index (χ2n) is 4.90. The van der Waals surface area contributed by atoms with E-state index in [1.165, 1.54) is 19.3 Å². The molecule has 0 heterocycles. The average molecular weight is 260 g/mol. The molecule has 2 rings (SSSR count). The normalized spacial score (nSPS) is 17.0. The van der Waals surface area contributed by atoms with Gasteiger partial charge in [-0.1, -0.05) is 54.8 Å². The first kappa shape index (κ1) is 13.6. The fraction of sp³-hybridized carbons (Fsp3) is 0.467. The smallest absolute Gasteiger partial charge is 0.317 e. The van der Waals surface area contributed by atoms with E-state index in [1.54, 1.807) is 0 Å². The molecule has 102 valence electrons. The molecule has 0 aromatic heterocycles. The molecular formula is C15H20N2O2. The van der Waals surface area contributed by atoms with E-state index >= 15 is 0 Å². The van der Waals surface area contributed by atoms with Crippen LogP contribution in [0.5, 0.6) is 0 Å². The van der Waals surface area contributed by atoms with Crippen LogP contribution in [0.1, 0.15) is 44.6 Å². The van der Waals surface area contributed by atoms with Gasteiger partial charge in [-0.25, -0.2) is 4.79 Å². The number of hydrogen-bond donors (Lipinski definition) is 1. The van der Waals surface area contributed by atoms with E-state index in [-0.39, 0.29) is 6.04 Å². The van der Waals surface area contributed by atoms with Crippen LogP contribution in [0, 0.1) is 0 Å². The second-order valence-corrected chi connectivity index (χ2v) is 4.90. The van der Waals surface area contributed by atoms with Crippen molar-refractivity contribution in [1.82, 2.24) is 5.32 Å². The summed E-state index contributed by atoms with van der Waals surface area (Å²) in [5, 5.41) is 6.72. The van der Waals surface area contributed by atoms with Crippen molar-refractivity contribution in [1.29, 1.82) is 0 Å². The van der Waals surface area contributed by atoms with E-state index in [1.807, 2.05) is 37.3 Å². The Morgan fingerprint density at radius 2 is 1.89 bits per heavy atom. The predicted molar refractivity (Wildman–Crippen MR) is 75.1 cm³/mol. The van der Waals surface area contributed by atoms with Crippen LogP contribution in [-0.2, 0) is 4.84 Å². The molecule has 0 aliphatic heterocycles. The van der Waals surface area contributed by atoms with Gasteiger partial charge in [0.15, 0.2) is 0 Å². The number of amides is 1. The molecule has 19 heavy (non-hydrogen) atoms. The van der Waals surface area contributed by atoms with Crippen molar-refractivity contribution in [3.05, 3.63) is 35.9 Å². The van der Waals surface area contributed by atoms with Crippen molar-refractivity contribution in [3.8, 4) is 0 Å². The van der Waals surface area contributed by atoms with Gasteiger partial charge in [0.2, 0.25) is 0 Å². The van der Waals surface area contributed by atoms with Crippen LogP contribution < -0.4 is 5.32 Å². The molecule has 1 N–H and O–H groups in total. The largest absolute Gasteiger partial charge is 0.433 e. The molecule has 0 atom stereocenters. The Kier molecular flexibility index (Phi) is 4.95. The summed E-state index contributed by atoms with van der Waals surface area (Å²) in [6.07, 6.45) is 5.24. The van der Waals surface area contributed by atoms with Gasteiger partial charge >= 0.3 is 6.09 Å². The average Bonchev–Trinajstić information content (AvgIpc) is 2.47. The lowest BCUT2D eigenvalue weighted by Crippen LogP contribution is -2.35. The maximum atomic E-state index is 11.6. The zero-order chi connectivity index (χ0) is 13.5. The van der Waals surface area contributed by atoms with Crippen molar-refractivity contribution in [2.75, 3.05) is 0 Å². The van der Waals surface area contributed by atoms with Crippen molar-refractivity contribution < 1.29 is 9.63 Å². The van der Waals surface area contributed by atoms with Gasteiger partial charge in [-0.3, -0.25) is 4.84 Å². The summed E-state index contributed by atoms with van der Waals surface area (Å²) in [5.74, 6) is 0. The molecule has 1 amide bonds. The van der Waals surface area contributed by atoms with Crippen molar-refractivity contribution >= 4 is 11.8 Å². The van der Waals surface area contributed by atoms with Gasteiger partial charge in [0, 0.05) is 6.04 Å². The highest BCUT2D eigenvalue weighted by Crippen LogP contribution is 2.17. The van der Waals surface area contributed by atoms with E-state index in [4.69, 9.17) is 4.84 Å². The maximum absolute atomic E-state index is 11.6. The number of benzene rings is 1. The lowest BCUT2D eigenvalue weighted by molar-refractivity contribution is 0.143. The monoisotopic (exact) mass is 260 g/mol. The number of nitrogens with zero attached hydrogens (tertiary/aromatic N) is 1. The minimum absolute atomic E-state index is 0.244. The summed E-state index contributed by atoms with van der Waals surface area (Å²) in [6.45, 7) is 1.82. The quantitative estimate of drug-likeness (QED) is 0.514. The lowest BCUT2D eigenvalue weighted by Gasteiger charge is -2.21. The Labute approximate surface area is 113 Å². The zero-order valence-electron chi connectivity index (χ0n) is 11.3. The topological polar surface area (TPSA) is 50.7 Å². The van der Waals surface area contributed by atoms with Gasteiger partial charge in [0.1, 0.15) is 0 Å². The summed E-state index contributed by atoms with van der Waals surface area (Å²) in [7, 11) is 0. The molecule has 1 saturated carbocycles. The van der Waals surface area contributed by atoms with Crippen molar-refractivity contribution in [3.63, 3.8) is 0 Å². The molecular weight excluding hydrogens is 240 g/mol. The second kappa shape index (κ2) is 6.92. The third-order valence-electron chi connectivity index (χ3n) is 3.38. The molecule has 0 spiro atoms. The standard InChI is InChI=1S/C15H20N2O2/c1-12(13-8-4-2-5-9-13)17-19-15(18)16-14-10-6-3-7-11-14/h2,4-5,8-9,14H,3,6-7,10-11H2,1H3,(H,16,18)/b17-12+. The predicted octanol–water partition coefficient (Wildman–Crippen LogP) is 3.47. The Bertz CT molecular complexity index is 437. The van der Waals surface area contributed by atoms with Crippen LogP contribution >= 0.6 is 0 Å². The molecule has 4 nitrogen and oxygen atoms in total. The lowest BCUT2D eigenvalue weighted by atomic mass is 9.96. The van der Waals surface area contributed by atoms with Crippen molar-refractivity contribution in [2.24, 2.45) is 5.16 Å². The minimum Gasteiger partial charge on any atom is -0.317 e. The molecule has 0 unspecified atom stereocenters. The Hall–Kier alpha value is -1.84. The van der Waals surface area contributed by atoms with Crippen LogP contribution in [0.2, 0.25) is 0 Å². The summed E-state index contributed by atoms with van der Waals surface area (Å²) in [6, 6.07) is 9.90. The highest BCUT2D eigenvalue weighted by Gasteiger charge is 2.16. The van der Waals surface area contributed by atoms with E-state index < -0.39 is 6.09 Å². The summed E-state index contributed by atoms with van der Waals surface area (Å²) in [4.78, 5) is 16.5. The molecule has 0 bridgehead atoms. The first-order valence-corrected chi connectivity index (χ1v) is 6.83.